The zero-order valence-corrected chi connectivity index (χ0v) is 16.7. The molecule has 0 saturated heterocycles. The highest BCUT2D eigenvalue weighted by atomic mass is 35.5. The molecule has 1 aromatic heterocycles. The molecule has 3 nitrogen and oxygen atoms in total. The molecule has 0 bridgehead atoms. The third kappa shape index (κ3) is 5.96. The van der Waals surface area contributed by atoms with Gasteiger partial charge in [0, 0.05) is 29.1 Å². The van der Waals surface area contributed by atoms with Gasteiger partial charge in [0.05, 0.1) is 6.61 Å². The maximum Gasteiger partial charge on any atom is 0.166 e. The molecule has 0 aliphatic heterocycles. The highest BCUT2D eigenvalue weighted by Gasteiger charge is 2.12. The van der Waals surface area contributed by atoms with Crippen LogP contribution in [0.4, 0.5) is 4.39 Å². The van der Waals surface area contributed by atoms with Crippen molar-refractivity contribution in [1.82, 2.24) is 5.32 Å². The normalized spacial score (nSPS) is 10.3. The first-order chi connectivity index (χ1) is 12.8. The summed E-state index contributed by atoms with van der Waals surface area (Å²) in [5.74, 6) is 1.08. The molecule has 0 spiro atoms. The molecule has 3 rings (SSSR count). The van der Waals surface area contributed by atoms with Crippen molar-refractivity contribution in [2.24, 2.45) is 0 Å². The molecule has 0 atom stereocenters. The zero-order valence-electron chi connectivity index (χ0n) is 15.1. The van der Waals surface area contributed by atoms with Crippen molar-refractivity contribution in [2.75, 3.05) is 6.61 Å². The fraction of sp³-hybridized carbons (Fsp3) is 0.238. The lowest BCUT2D eigenvalue weighted by molar-refractivity contribution is 0.262. The van der Waals surface area contributed by atoms with E-state index >= 15 is 0 Å². The average molecular weight is 408 g/mol. The second-order valence-corrected chi connectivity index (χ2v) is 6.77. The Morgan fingerprint density at radius 3 is 2.48 bits per heavy atom. The molecule has 1 N–H and O–H groups in total. The summed E-state index contributed by atoms with van der Waals surface area (Å²) in [4.78, 5) is 1.28. The van der Waals surface area contributed by atoms with Gasteiger partial charge >= 0.3 is 0 Å². The van der Waals surface area contributed by atoms with Crippen LogP contribution >= 0.6 is 23.7 Å². The van der Waals surface area contributed by atoms with E-state index in [1.807, 2.05) is 31.2 Å². The average Bonchev–Trinajstić information content (AvgIpc) is 3.16. The van der Waals surface area contributed by atoms with E-state index in [0.717, 1.165) is 12.1 Å². The van der Waals surface area contributed by atoms with E-state index < -0.39 is 0 Å². The molecule has 0 radical (unpaired) electrons. The number of ether oxygens (including phenoxy) is 2. The minimum atomic E-state index is -0.265. The smallest absolute Gasteiger partial charge is 0.166 e. The van der Waals surface area contributed by atoms with Gasteiger partial charge in [0.1, 0.15) is 12.4 Å². The Morgan fingerprint density at radius 1 is 0.926 bits per heavy atom. The monoisotopic (exact) mass is 407 g/mol. The number of thiophene rings is 1. The Kier molecular flexibility index (Phi) is 8.58. The summed E-state index contributed by atoms with van der Waals surface area (Å²) < 4.78 is 25.6. The Labute approximate surface area is 169 Å². The van der Waals surface area contributed by atoms with E-state index in [1.165, 1.54) is 10.9 Å². The second-order valence-electron chi connectivity index (χ2n) is 5.74. The van der Waals surface area contributed by atoms with E-state index in [-0.39, 0.29) is 24.8 Å². The van der Waals surface area contributed by atoms with Gasteiger partial charge in [-0.05, 0) is 30.5 Å². The number of hydrogen-bond donors (Lipinski definition) is 1. The number of halogens is 2. The molecule has 0 unspecified atom stereocenters. The zero-order chi connectivity index (χ0) is 18.2. The van der Waals surface area contributed by atoms with Gasteiger partial charge in [-0.15, -0.1) is 23.7 Å². The number of rotatable bonds is 9. The van der Waals surface area contributed by atoms with Crippen LogP contribution in [0.25, 0.3) is 0 Å². The van der Waals surface area contributed by atoms with Gasteiger partial charge in [-0.2, -0.15) is 0 Å². The van der Waals surface area contributed by atoms with E-state index in [0.29, 0.717) is 30.2 Å². The molecule has 3 aromatic rings. The van der Waals surface area contributed by atoms with Crippen LogP contribution in [0.2, 0.25) is 0 Å². The molecule has 27 heavy (non-hydrogen) atoms. The lowest BCUT2D eigenvalue weighted by Gasteiger charge is -2.16. The van der Waals surface area contributed by atoms with Crippen LogP contribution in [0.3, 0.4) is 0 Å². The molecule has 0 aliphatic rings. The fourth-order valence-corrected chi connectivity index (χ4v) is 3.31. The molecule has 0 saturated carbocycles. The van der Waals surface area contributed by atoms with E-state index in [1.54, 1.807) is 29.5 Å². The predicted octanol–water partition coefficient (Wildman–Crippen LogP) is 5.58. The van der Waals surface area contributed by atoms with Gasteiger partial charge in [0.2, 0.25) is 0 Å². The topological polar surface area (TPSA) is 30.5 Å². The SMILES string of the molecule is CCOc1cccc(CNCc2cccs2)c1OCc1ccccc1F.Cl. The van der Waals surface area contributed by atoms with Crippen LogP contribution < -0.4 is 14.8 Å². The molecule has 6 heteroatoms. The van der Waals surface area contributed by atoms with Crippen LogP contribution in [-0.2, 0) is 19.7 Å². The number of nitrogens with one attached hydrogen (secondary N) is 1. The summed E-state index contributed by atoms with van der Waals surface area (Å²) in [6.07, 6.45) is 0. The maximum absolute atomic E-state index is 13.9. The van der Waals surface area contributed by atoms with Gasteiger partial charge in [0.25, 0.3) is 0 Å². The van der Waals surface area contributed by atoms with Crippen molar-refractivity contribution >= 4 is 23.7 Å². The van der Waals surface area contributed by atoms with Gasteiger partial charge in [-0.25, -0.2) is 4.39 Å². The van der Waals surface area contributed by atoms with Crippen molar-refractivity contribution in [3.63, 3.8) is 0 Å². The quantitative estimate of drug-likeness (QED) is 0.502. The number of benzene rings is 2. The minimum Gasteiger partial charge on any atom is -0.490 e. The van der Waals surface area contributed by atoms with Crippen LogP contribution in [0.5, 0.6) is 11.5 Å². The van der Waals surface area contributed by atoms with Gasteiger partial charge in [-0.1, -0.05) is 36.4 Å². The lowest BCUT2D eigenvalue weighted by Crippen LogP contribution is -2.13. The Bertz CT molecular complexity index is 827. The summed E-state index contributed by atoms with van der Waals surface area (Å²) in [5, 5.41) is 5.49. The maximum atomic E-state index is 13.9. The molecule has 0 amide bonds. The Hall–Kier alpha value is -2.08. The predicted molar refractivity (Wildman–Crippen MR) is 110 cm³/mol. The Balaban J connectivity index is 0.00000261. The van der Waals surface area contributed by atoms with Crippen LogP contribution in [-0.4, -0.2) is 6.61 Å². The lowest BCUT2D eigenvalue weighted by atomic mass is 10.1. The number of para-hydroxylation sites is 1. The van der Waals surface area contributed by atoms with Gasteiger partial charge in [0.15, 0.2) is 11.5 Å². The Morgan fingerprint density at radius 2 is 1.74 bits per heavy atom. The van der Waals surface area contributed by atoms with Crippen LogP contribution in [0, 0.1) is 5.82 Å². The van der Waals surface area contributed by atoms with Crippen LogP contribution in [0.1, 0.15) is 22.9 Å². The minimum absolute atomic E-state index is 0. The third-order valence-corrected chi connectivity index (χ3v) is 4.76. The summed E-state index contributed by atoms with van der Waals surface area (Å²) in [5.41, 5.74) is 1.51. The van der Waals surface area contributed by atoms with Crippen molar-refractivity contribution in [1.29, 1.82) is 0 Å². The summed E-state index contributed by atoms with van der Waals surface area (Å²) in [7, 11) is 0. The molecule has 0 fully saturated rings. The first-order valence-electron chi connectivity index (χ1n) is 8.62. The molecule has 2 aromatic carbocycles. The van der Waals surface area contributed by atoms with E-state index in [4.69, 9.17) is 9.47 Å². The molecule has 0 aliphatic carbocycles. The van der Waals surface area contributed by atoms with Crippen molar-refractivity contribution < 1.29 is 13.9 Å². The van der Waals surface area contributed by atoms with E-state index in [2.05, 4.69) is 16.8 Å². The molecular formula is C21H23ClFNO2S. The van der Waals surface area contributed by atoms with Crippen molar-refractivity contribution in [3.05, 3.63) is 81.8 Å². The fourth-order valence-electron chi connectivity index (χ4n) is 2.63. The standard InChI is InChI=1S/C21H22FNO2S.ClH/c1-2-24-20-11-5-8-16(13-23-14-18-9-6-12-26-18)21(20)25-15-17-7-3-4-10-19(17)22;/h3-12,23H,2,13-15H2,1H3;1H. The highest BCUT2D eigenvalue weighted by Crippen LogP contribution is 2.32. The number of hydrogen-bond acceptors (Lipinski definition) is 4. The first-order valence-corrected chi connectivity index (χ1v) is 9.50. The summed E-state index contributed by atoms with van der Waals surface area (Å²) in [6, 6.07) is 16.6. The molecule has 1 heterocycles. The van der Waals surface area contributed by atoms with E-state index in [9.17, 15) is 4.39 Å². The second kappa shape index (κ2) is 10.9. The molecule has 144 valence electrons. The molecular weight excluding hydrogens is 385 g/mol. The van der Waals surface area contributed by atoms with Crippen molar-refractivity contribution in [2.45, 2.75) is 26.6 Å². The highest BCUT2D eigenvalue weighted by molar-refractivity contribution is 7.09. The first kappa shape index (κ1) is 21.2. The van der Waals surface area contributed by atoms with Crippen LogP contribution in [0.15, 0.2) is 60.0 Å². The summed E-state index contributed by atoms with van der Waals surface area (Å²) in [6.45, 7) is 4.08. The van der Waals surface area contributed by atoms with Crippen molar-refractivity contribution in [3.8, 4) is 11.5 Å². The van der Waals surface area contributed by atoms with Gasteiger partial charge < -0.3 is 14.8 Å². The largest absolute Gasteiger partial charge is 0.490 e. The third-order valence-electron chi connectivity index (χ3n) is 3.88. The van der Waals surface area contributed by atoms with Gasteiger partial charge in [-0.3, -0.25) is 0 Å². The summed E-state index contributed by atoms with van der Waals surface area (Å²) >= 11 is 1.72.